The fourth-order valence-electron chi connectivity index (χ4n) is 2.54. The van der Waals surface area contributed by atoms with Crippen LogP contribution in [-0.2, 0) is 10.2 Å². The molecule has 1 fully saturated rings. The van der Waals surface area contributed by atoms with Crippen molar-refractivity contribution in [3.05, 3.63) is 23.3 Å². The fourth-order valence-corrected chi connectivity index (χ4v) is 2.54. The smallest absolute Gasteiger partial charge is 0.314 e. The minimum atomic E-state index is -0.961. The molecule has 1 aliphatic rings. The molecule has 2 rings (SSSR count). The molecule has 0 aliphatic heterocycles. The lowest BCUT2D eigenvalue weighted by Crippen LogP contribution is -2.42. The highest BCUT2D eigenvalue weighted by Gasteiger charge is 2.48. The molecular formula is C14H16O5. The first-order chi connectivity index (χ1) is 9.08. The maximum Gasteiger partial charge on any atom is 0.314 e. The van der Waals surface area contributed by atoms with E-state index >= 15 is 0 Å². The molecule has 0 unspecified atom stereocenters. The molecule has 0 aromatic heterocycles. The van der Waals surface area contributed by atoms with Crippen LogP contribution in [0.5, 0.6) is 11.5 Å². The Balaban J connectivity index is 2.66. The largest absolute Gasteiger partial charge is 0.493 e. The van der Waals surface area contributed by atoms with Crippen molar-refractivity contribution in [3.63, 3.8) is 0 Å². The minimum Gasteiger partial charge on any atom is -0.493 e. The predicted molar refractivity (Wildman–Crippen MR) is 68.1 cm³/mol. The quantitative estimate of drug-likeness (QED) is 0.824. The second-order valence-electron chi connectivity index (χ2n) is 4.66. The van der Waals surface area contributed by atoms with Gasteiger partial charge in [0.15, 0.2) is 11.5 Å². The van der Waals surface area contributed by atoms with Crippen LogP contribution in [0.2, 0.25) is 0 Å². The average molecular weight is 264 g/mol. The van der Waals surface area contributed by atoms with Crippen LogP contribution in [-0.4, -0.2) is 31.6 Å². The molecule has 0 spiro atoms. The summed E-state index contributed by atoms with van der Waals surface area (Å²) in [5.41, 5.74) is -0.0483. The van der Waals surface area contributed by atoms with Gasteiger partial charge in [0.1, 0.15) is 6.29 Å². The molecular weight excluding hydrogens is 248 g/mol. The summed E-state index contributed by atoms with van der Waals surface area (Å²) in [6.45, 7) is 0. The monoisotopic (exact) mass is 264 g/mol. The van der Waals surface area contributed by atoms with E-state index in [4.69, 9.17) is 9.47 Å². The van der Waals surface area contributed by atoms with Gasteiger partial charge in [0, 0.05) is 11.1 Å². The van der Waals surface area contributed by atoms with Gasteiger partial charge in [-0.1, -0.05) is 6.42 Å². The lowest BCUT2D eigenvalue weighted by atomic mass is 9.64. The van der Waals surface area contributed by atoms with E-state index in [2.05, 4.69) is 0 Å². The Hall–Kier alpha value is -2.04. The summed E-state index contributed by atoms with van der Waals surface area (Å²) in [6, 6.07) is 3.13. The molecule has 0 atom stereocenters. The summed E-state index contributed by atoms with van der Waals surface area (Å²) >= 11 is 0. The van der Waals surface area contributed by atoms with E-state index in [-0.39, 0.29) is 0 Å². The number of aldehydes is 1. The van der Waals surface area contributed by atoms with Gasteiger partial charge in [-0.15, -0.1) is 0 Å². The van der Waals surface area contributed by atoms with Crippen molar-refractivity contribution in [1.82, 2.24) is 0 Å². The van der Waals surface area contributed by atoms with Crippen LogP contribution in [0.25, 0.3) is 0 Å². The first-order valence-corrected chi connectivity index (χ1v) is 6.04. The third kappa shape index (κ3) is 1.95. The van der Waals surface area contributed by atoms with Crippen LogP contribution < -0.4 is 9.47 Å². The van der Waals surface area contributed by atoms with Gasteiger partial charge in [0.25, 0.3) is 0 Å². The fraction of sp³-hybridized carbons (Fsp3) is 0.429. The van der Waals surface area contributed by atoms with Crippen LogP contribution in [0.15, 0.2) is 12.1 Å². The highest BCUT2D eigenvalue weighted by Crippen LogP contribution is 2.50. The zero-order chi connectivity index (χ0) is 14.0. The molecule has 1 aliphatic carbocycles. The molecule has 0 heterocycles. The lowest BCUT2D eigenvalue weighted by Gasteiger charge is -2.39. The number of methoxy groups -OCH3 is 2. The number of carboxylic acids is 1. The number of carbonyl (C=O) groups is 2. The van der Waals surface area contributed by atoms with Gasteiger partial charge >= 0.3 is 5.97 Å². The number of aliphatic carboxylic acids is 1. The zero-order valence-corrected chi connectivity index (χ0v) is 10.9. The van der Waals surface area contributed by atoms with E-state index in [0.717, 1.165) is 6.42 Å². The summed E-state index contributed by atoms with van der Waals surface area (Å²) in [7, 11) is 2.93. The Labute approximate surface area is 111 Å². The van der Waals surface area contributed by atoms with Gasteiger partial charge in [-0.2, -0.15) is 0 Å². The van der Waals surface area contributed by atoms with Crippen molar-refractivity contribution < 1.29 is 24.2 Å². The first kappa shape index (κ1) is 13.4. The maximum atomic E-state index is 11.6. The topological polar surface area (TPSA) is 72.8 Å². The molecule has 1 N–H and O–H groups in total. The van der Waals surface area contributed by atoms with Crippen LogP contribution in [0, 0.1) is 0 Å². The van der Waals surface area contributed by atoms with Gasteiger partial charge in [-0.3, -0.25) is 9.59 Å². The molecule has 1 aromatic carbocycles. The second kappa shape index (κ2) is 4.91. The highest BCUT2D eigenvalue weighted by molar-refractivity contribution is 5.86. The first-order valence-electron chi connectivity index (χ1n) is 6.04. The van der Waals surface area contributed by atoms with Gasteiger partial charge in [-0.25, -0.2) is 0 Å². The Morgan fingerprint density at radius 1 is 1.32 bits per heavy atom. The van der Waals surface area contributed by atoms with Gasteiger partial charge in [0.05, 0.1) is 19.6 Å². The van der Waals surface area contributed by atoms with E-state index in [0.29, 0.717) is 41.8 Å². The highest BCUT2D eigenvalue weighted by atomic mass is 16.5. The molecule has 0 bridgehead atoms. The van der Waals surface area contributed by atoms with E-state index < -0.39 is 11.4 Å². The lowest BCUT2D eigenvalue weighted by molar-refractivity contribution is -0.147. The van der Waals surface area contributed by atoms with E-state index in [1.165, 1.54) is 14.2 Å². The summed E-state index contributed by atoms with van der Waals surface area (Å²) in [4.78, 5) is 22.6. The molecule has 5 nitrogen and oxygen atoms in total. The molecule has 0 amide bonds. The average Bonchev–Trinajstić information content (AvgIpc) is 2.35. The normalized spacial score (nSPS) is 16.3. The van der Waals surface area contributed by atoms with Crippen molar-refractivity contribution in [2.75, 3.05) is 14.2 Å². The van der Waals surface area contributed by atoms with Gasteiger partial charge < -0.3 is 14.6 Å². The molecule has 0 radical (unpaired) electrons. The van der Waals surface area contributed by atoms with Crippen molar-refractivity contribution in [2.45, 2.75) is 24.7 Å². The third-order valence-electron chi connectivity index (χ3n) is 3.77. The molecule has 102 valence electrons. The summed E-state index contributed by atoms with van der Waals surface area (Å²) in [5.74, 6) is -0.105. The van der Waals surface area contributed by atoms with Crippen LogP contribution >= 0.6 is 0 Å². The number of carboxylic acid groups (broad SMARTS) is 1. The summed E-state index contributed by atoms with van der Waals surface area (Å²) < 4.78 is 10.5. The Kier molecular flexibility index (Phi) is 3.46. The number of rotatable bonds is 5. The molecule has 1 saturated carbocycles. The molecule has 1 aromatic rings. The van der Waals surface area contributed by atoms with E-state index in [9.17, 15) is 14.7 Å². The third-order valence-corrected chi connectivity index (χ3v) is 3.77. The Bertz CT molecular complexity index is 517. The van der Waals surface area contributed by atoms with Crippen molar-refractivity contribution in [3.8, 4) is 11.5 Å². The van der Waals surface area contributed by atoms with Crippen LogP contribution in [0.3, 0.4) is 0 Å². The standard InChI is InChI=1S/C14H16O5/c1-18-11-7-9(8-15)6-10(12(11)19-2)14(13(16)17)4-3-5-14/h6-8H,3-5H2,1-2H3,(H,16,17). The van der Waals surface area contributed by atoms with Crippen LogP contribution in [0.1, 0.15) is 35.2 Å². The van der Waals surface area contributed by atoms with Crippen molar-refractivity contribution in [2.24, 2.45) is 0 Å². The predicted octanol–water partition coefficient (Wildman–Crippen LogP) is 2.02. The number of hydrogen-bond donors (Lipinski definition) is 1. The van der Waals surface area contributed by atoms with Crippen LogP contribution in [0.4, 0.5) is 0 Å². The number of benzene rings is 1. The number of carbonyl (C=O) groups excluding carboxylic acids is 1. The van der Waals surface area contributed by atoms with Crippen molar-refractivity contribution in [1.29, 1.82) is 0 Å². The minimum absolute atomic E-state index is 0.384. The Morgan fingerprint density at radius 3 is 2.37 bits per heavy atom. The van der Waals surface area contributed by atoms with Crippen molar-refractivity contribution >= 4 is 12.3 Å². The van der Waals surface area contributed by atoms with E-state index in [1.807, 2.05) is 0 Å². The molecule has 19 heavy (non-hydrogen) atoms. The second-order valence-corrected chi connectivity index (χ2v) is 4.66. The summed E-state index contributed by atoms with van der Waals surface area (Å²) in [5, 5.41) is 9.50. The van der Waals surface area contributed by atoms with E-state index in [1.54, 1.807) is 12.1 Å². The summed E-state index contributed by atoms with van der Waals surface area (Å²) in [6.07, 6.45) is 2.62. The number of ether oxygens (including phenoxy) is 2. The zero-order valence-electron chi connectivity index (χ0n) is 10.9. The van der Waals surface area contributed by atoms with Gasteiger partial charge in [-0.05, 0) is 25.0 Å². The maximum absolute atomic E-state index is 11.6. The SMILES string of the molecule is COc1cc(C=O)cc(C2(C(=O)O)CCC2)c1OC. The van der Waals surface area contributed by atoms with Gasteiger partial charge in [0.2, 0.25) is 0 Å². The number of hydrogen-bond acceptors (Lipinski definition) is 4. The Morgan fingerprint density at radius 2 is 2.00 bits per heavy atom. The molecule has 0 saturated heterocycles. The molecule has 5 heteroatoms.